The molecular weight excluding hydrogens is 320 g/mol. The van der Waals surface area contributed by atoms with Crippen LogP contribution in [0.1, 0.15) is 37.5 Å². The SMILES string of the molecule is CO[C@@]12CC[C@@H](Oc3ccccn3)C[C@@H]1N(Cc1nnc(C)o1)CC2. The first-order chi connectivity index (χ1) is 12.2. The van der Waals surface area contributed by atoms with Crippen LogP contribution in [0.5, 0.6) is 5.88 Å². The maximum atomic E-state index is 6.11. The van der Waals surface area contributed by atoms with E-state index in [0.717, 1.165) is 32.2 Å². The molecule has 3 atom stereocenters. The molecule has 0 amide bonds. The minimum atomic E-state index is -0.0982. The van der Waals surface area contributed by atoms with Gasteiger partial charge in [0.15, 0.2) is 0 Å². The van der Waals surface area contributed by atoms with E-state index in [4.69, 9.17) is 13.9 Å². The number of aromatic nitrogens is 3. The van der Waals surface area contributed by atoms with Gasteiger partial charge >= 0.3 is 0 Å². The third-order valence-corrected chi connectivity index (χ3v) is 5.48. The van der Waals surface area contributed by atoms with E-state index < -0.39 is 0 Å². The second-order valence-corrected chi connectivity index (χ2v) is 6.90. The van der Waals surface area contributed by atoms with Gasteiger partial charge in [-0.2, -0.15) is 0 Å². The highest BCUT2D eigenvalue weighted by atomic mass is 16.5. The van der Waals surface area contributed by atoms with E-state index in [0.29, 0.717) is 24.2 Å². The predicted octanol–water partition coefficient (Wildman–Crippen LogP) is 2.36. The number of ether oxygens (including phenoxy) is 2. The monoisotopic (exact) mass is 344 g/mol. The summed E-state index contributed by atoms with van der Waals surface area (Å²) in [6, 6.07) is 6.04. The van der Waals surface area contributed by atoms with Crippen LogP contribution in [0.15, 0.2) is 28.8 Å². The van der Waals surface area contributed by atoms with Crippen LogP contribution >= 0.6 is 0 Å². The van der Waals surface area contributed by atoms with Crippen molar-refractivity contribution in [3.05, 3.63) is 36.2 Å². The number of aryl methyl sites for hydroxylation is 1. The average molecular weight is 344 g/mol. The maximum absolute atomic E-state index is 6.11. The molecule has 0 N–H and O–H groups in total. The first-order valence-electron chi connectivity index (χ1n) is 8.84. The van der Waals surface area contributed by atoms with Crippen molar-refractivity contribution in [2.45, 2.75) is 56.9 Å². The lowest BCUT2D eigenvalue weighted by Gasteiger charge is -2.43. The van der Waals surface area contributed by atoms with Crippen LogP contribution in [0.3, 0.4) is 0 Å². The molecule has 1 aliphatic carbocycles. The van der Waals surface area contributed by atoms with Crippen LogP contribution in [0.4, 0.5) is 0 Å². The van der Waals surface area contributed by atoms with Crippen molar-refractivity contribution < 1.29 is 13.9 Å². The van der Waals surface area contributed by atoms with E-state index in [-0.39, 0.29) is 17.7 Å². The minimum absolute atomic E-state index is 0.0982. The number of fused-ring (bicyclic) bond motifs is 1. The van der Waals surface area contributed by atoms with Crippen molar-refractivity contribution in [2.75, 3.05) is 13.7 Å². The molecule has 0 aromatic carbocycles. The fourth-order valence-corrected chi connectivity index (χ4v) is 4.21. The molecular formula is C18H24N4O3. The zero-order valence-electron chi connectivity index (χ0n) is 14.7. The van der Waals surface area contributed by atoms with E-state index >= 15 is 0 Å². The molecule has 4 rings (SSSR count). The number of nitrogens with zero attached hydrogens (tertiary/aromatic N) is 4. The smallest absolute Gasteiger partial charge is 0.230 e. The second-order valence-electron chi connectivity index (χ2n) is 6.90. The molecule has 0 spiro atoms. The molecule has 2 fully saturated rings. The summed E-state index contributed by atoms with van der Waals surface area (Å²) in [5, 5.41) is 8.08. The molecule has 0 bridgehead atoms. The van der Waals surface area contributed by atoms with Gasteiger partial charge in [-0.1, -0.05) is 6.07 Å². The van der Waals surface area contributed by atoms with Crippen molar-refractivity contribution in [2.24, 2.45) is 0 Å². The van der Waals surface area contributed by atoms with Gasteiger partial charge in [0.2, 0.25) is 17.7 Å². The number of hydrogen-bond donors (Lipinski definition) is 0. The normalized spacial score (nSPS) is 29.5. The molecule has 2 aromatic rings. The van der Waals surface area contributed by atoms with Crippen LogP contribution in [0.2, 0.25) is 0 Å². The van der Waals surface area contributed by atoms with Crippen LogP contribution in [0, 0.1) is 6.92 Å². The Hall–Kier alpha value is -1.99. The summed E-state index contributed by atoms with van der Waals surface area (Å²) in [6.45, 7) is 3.44. The molecule has 2 aliphatic rings. The molecule has 0 unspecified atom stereocenters. The summed E-state index contributed by atoms with van der Waals surface area (Å²) < 4.78 is 17.7. The third kappa shape index (κ3) is 3.26. The van der Waals surface area contributed by atoms with Gasteiger partial charge < -0.3 is 13.9 Å². The molecule has 7 heteroatoms. The van der Waals surface area contributed by atoms with Gasteiger partial charge in [0, 0.05) is 45.3 Å². The second kappa shape index (κ2) is 6.72. The van der Waals surface area contributed by atoms with Gasteiger partial charge in [-0.25, -0.2) is 4.98 Å². The number of hydrogen-bond acceptors (Lipinski definition) is 7. The first kappa shape index (κ1) is 16.5. The third-order valence-electron chi connectivity index (χ3n) is 5.48. The lowest BCUT2D eigenvalue weighted by molar-refractivity contribution is -0.0850. The number of rotatable bonds is 5. The van der Waals surface area contributed by atoms with E-state index in [2.05, 4.69) is 20.1 Å². The van der Waals surface area contributed by atoms with E-state index in [9.17, 15) is 0 Å². The van der Waals surface area contributed by atoms with Crippen LogP contribution in [-0.2, 0) is 11.3 Å². The number of methoxy groups -OCH3 is 1. The highest BCUT2D eigenvalue weighted by Gasteiger charge is 2.51. The summed E-state index contributed by atoms with van der Waals surface area (Å²) in [7, 11) is 1.83. The minimum Gasteiger partial charge on any atom is -0.474 e. The number of pyridine rings is 1. The maximum Gasteiger partial charge on any atom is 0.230 e. The number of likely N-dealkylation sites (tertiary alicyclic amines) is 1. The van der Waals surface area contributed by atoms with Crippen molar-refractivity contribution >= 4 is 0 Å². The Morgan fingerprint density at radius 2 is 2.24 bits per heavy atom. The van der Waals surface area contributed by atoms with E-state index in [1.165, 1.54) is 0 Å². The Morgan fingerprint density at radius 1 is 1.32 bits per heavy atom. The quantitative estimate of drug-likeness (QED) is 0.824. The first-order valence-corrected chi connectivity index (χ1v) is 8.84. The standard InChI is InChI=1S/C18H24N4O3/c1-13-20-21-17(24-13)12-22-10-8-18(23-2)7-6-14(11-15(18)22)25-16-5-3-4-9-19-16/h3-5,9,14-15H,6-8,10-12H2,1-2H3/t14-,15+,18-/m1/s1. The molecule has 1 saturated heterocycles. The Kier molecular flexibility index (Phi) is 4.43. The van der Waals surface area contributed by atoms with Gasteiger partial charge in [-0.15, -0.1) is 10.2 Å². The van der Waals surface area contributed by atoms with Crippen molar-refractivity contribution in [1.29, 1.82) is 0 Å². The van der Waals surface area contributed by atoms with Crippen LogP contribution in [0.25, 0.3) is 0 Å². The lowest BCUT2D eigenvalue weighted by atomic mass is 9.79. The summed E-state index contributed by atoms with van der Waals surface area (Å²) in [4.78, 5) is 6.68. The van der Waals surface area contributed by atoms with Gasteiger partial charge in [-0.05, 0) is 25.3 Å². The highest BCUT2D eigenvalue weighted by Crippen LogP contribution is 2.43. The van der Waals surface area contributed by atoms with Crippen LogP contribution < -0.4 is 4.74 Å². The zero-order chi connectivity index (χ0) is 17.3. The fourth-order valence-electron chi connectivity index (χ4n) is 4.21. The van der Waals surface area contributed by atoms with Gasteiger partial charge in [0.25, 0.3) is 0 Å². The fraction of sp³-hybridized carbons (Fsp3) is 0.611. The van der Waals surface area contributed by atoms with E-state index in [1.54, 1.807) is 6.20 Å². The Balaban J connectivity index is 1.48. The molecule has 0 radical (unpaired) electrons. The largest absolute Gasteiger partial charge is 0.474 e. The molecule has 134 valence electrons. The van der Waals surface area contributed by atoms with Crippen LogP contribution in [-0.4, -0.2) is 51.5 Å². The molecule has 1 saturated carbocycles. The lowest BCUT2D eigenvalue weighted by Crippen LogP contribution is -2.52. The molecule has 25 heavy (non-hydrogen) atoms. The Bertz CT molecular complexity index is 707. The van der Waals surface area contributed by atoms with Crippen molar-refractivity contribution in [3.8, 4) is 5.88 Å². The summed E-state index contributed by atoms with van der Waals surface area (Å²) in [5.74, 6) is 1.96. The molecule has 7 nitrogen and oxygen atoms in total. The zero-order valence-corrected chi connectivity index (χ0v) is 14.7. The van der Waals surface area contributed by atoms with Crippen molar-refractivity contribution in [1.82, 2.24) is 20.1 Å². The van der Waals surface area contributed by atoms with E-state index in [1.807, 2.05) is 32.2 Å². The van der Waals surface area contributed by atoms with Crippen molar-refractivity contribution in [3.63, 3.8) is 0 Å². The van der Waals surface area contributed by atoms with Gasteiger partial charge in [-0.3, -0.25) is 4.90 Å². The summed E-state index contributed by atoms with van der Waals surface area (Å²) in [6.07, 6.45) is 5.82. The Morgan fingerprint density at radius 3 is 2.96 bits per heavy atom. The summed E-state index contributed by atoms with van der Waals surface area (Å²) >= 11 is 0. The molecule has 1 aliphatic heterocycles. The topological polar surface area (TPSA) is 73.5 Å². The van der Waals surface area contributed by atoms with Gasteiger partial charge in [0.1, 0.15) is 6.10 Å². The predicted molar refractivity (Wildman–Crippen MR) is 90.1 cm³/mol. The Labute approximate surface area is 147 Å². The average Bonchev–Trinajstić information content (AvgIpc) is 3.21. The molecule has 2 aromatic heterocycles. The van der Waals surface area contributed by atoms with Gasteiger partial charge in [0.05, 0.1) is 12.1 Å². The summed E-state index contributed by atoms with van der Waals surface area (Å²) in [5.41, 5.74) is -0.0982. The molecule has 3 heterocycles. The highest BCUT2D eigenvalue weighted by molar-refractivity contribution is 5.12.